The highest BCUT2D eigenvalue weighted by molar-refractivity contribution is 5.82. The molecule has 0 aromatic rings. The molecule has 0 N–H and O–H groups in total. The first kappa shape index (κ1) is 14.7. The maximum Gasteiger partial charge on any atom is 0.136 e. The Morgan fingerprint density at radius 3 is 2.29 bits per heavy atom. The summed E-state index contributed by atoms with van der Waals surface area (Å²) in [5.74, 6) is 3.13. The zero-order valence-corrected chi connectivity index (χ0v) is 12.2. The normalized spacial score (nSPS) is 29.1. The van der Waals surface area contributed by atoms with Gasteiger partial charge in [-0.3, -0.25) is 4.79 Å². The smallest absolute Gasteiger partial charge is 0.136 e. The Labute approximate surface area is 107 Å². The van der Waals surface area contributed by atoms with Crippen LogP contribution in [0.5, 0.6) is 0 Å². The molecule has 0 bridgehead atoms. The Morgan fingerprint density at radius 1 is 1.12 bits per heavy atom. The first-order chi connectivity index (χ1) is 8.10. The van der Waals surface area contributed by atoms with Crippen LogP contribution in [-0.2, 0) is 4.79 Å². The van der Waals surface area contributed by atoms with Crippen LogP contribution in [0.2, 0.25) is 0 Å². The van der Waals surface area contributed by atoms with Gasteiger partial charge in [0.1, 0.15) is 5.78 Å². The molecule has 0 aliphatic heterocycles. The van der Waals surface area contributed by atoms with E-state index in [1.165, 1.54) is 32.1 Å². The van der Waals surface area contributed by atoms with Crippen LogP contribution >= 0.6 is 0 Å². The highest BCUT2D eigenvalue weighted by Gasteiger charge is 2.33. The molecule has 0 amide bonds. The zero-order chi connectivity index (χ0) is 12.8. The van der Waals surface area contributed by atoms with Gasteiger partial charge in [-0.2, -0.15) is 0 Å². The van der Waals surface area contributed by atoms with Gasteiger partial charge in [-0.15, -0.1) is 0 Å². The molecule has 0 saturated heterocycles. The van der Waals surface area contributed by atoms with Gasteiger partial charge in [0.05, 0.1) is 0 Å². The second kappa shape index (κ2) is 7.18. The molecular formula is C16H30O. The molecule has 0 aromatic heterocycles. The van der Waals surface area contributed by atoms with Crippen LogP contribution in [0.4, 0.5) is 0 Å². The monoisotopic (exact) mass is 238 g/mol. The van der Waals surface area contributed by atoms with Crippen LogP contribution in [-0.4, -0.2) is 5.78 Å². The zero-order valence-electron chi connectivity index (χ0n) is 12.2. The molecule has 0 aromatic carbocycles. The minimum Gasteiger partial charge on any atom is -0.299 e. The third-order valence-corrected chi connectivity index (χ3v) is 4.71. The van der Waals surface area contributed by atoms with E-state index in [4.69, 9.17) is 0 Å². The highest BCUT2D eigenvalue weighted by atomic mass is 16.1. The van der Waals surface area contributed by atoms with Gasteiger partial charge in [0.15, 0.2) is 0 Å². The van der Waals surface area contributed by atoms with Crippen molar-refractivity contribution in [1.82, 2.24) is 0 Å². The van der Waals surface area contributed by atoms with Crippen molar-refractivity contribution < 1.29 is 4.79 Å². The maximum absolute atomic E-state index is 12.0. The number of hydrogen-bond acceptors (Lipinski definition) is 1. The van der Waals surface area contributed by atoms with Gasteiger partial charge in [-0.1, -0.05) is 53.4 Å². The van der Waals surface area contributed by atoms with E-state index >= 15 is 0 Å². The number of Topliss-reactive ketones (excluding diaryl/α,β-unsaturated/α-hetero) is 1. The summed E-state index contributed by atoms with van der Waals surface area (Å²) in [5.41, 5.74) is 0. The molecule has 4 unspecified atom stereocenters. The van der Waals surface area contributed by atoms with E-state index < -0.39 is 0 Å². The predicted octanol–water partition coefficient (Wildman–Crippen LogP) is 4.84. The van der Waals surface area contributed by atoms with Crippen molar-refractivity contribution in [3.05, 3.63) is 0 Å². The molecule has 0 spiro atoms. The molecule has 100 valence electrons. The number of carbonyl (C=O) groups excluding carboxylic acids is 1. The van der Waals surface area contributed by atoms with E-state index in [-0.39, 0.29) is 0 Å². The highest BCUT2D eigenvalue weighted by Crippen LogP contribution is 2.37. The Bertz CT molecular complexity index is 234. The van der Waals surface area contributed by atoms with Gasteiger partial charge in [-0.05, 0) is 30.6 Å². The fourth-order valence-corrected chi connectivity index (χ4v) is 3.50. The largest absolute Gasteiger partial charge is 0.299 e. The van der Waals surface area contributed by atoms with Gasteiger partial charge in [0, 0.05) is 12.3 Å². The van der Waals surface area contributed by atoms with Crippen LogP contribution in [0.25, 0.3) is 0 Å². The lowest BCUT2D eigenvalue weighted by atomic mass is 9.69. The molecule has 1 saturated carbocycles. The van der Waals surface area contributed by atoms with Gasteiger partial charge >= 0.3 is 0 Å². The second-order valence-electron chi connectivity index (χ2n) is 6.14. The van der Waals surface area contributed by atoms with Crippen molar-refractivity contribution in [2.45, 2.75) is 72.6 Å². The third kappa shape index (κ3) is 4.12. The second-order valence-corrected chi connectivity index (χ2v) is 6.14. The Balaban J connectivity index is 2.55. The molecule has 1 nitrogen and oxygen atoms in total. The molecule has 1 heteroatoms. The molecule has 0 radical (unpaired) electrons. The summed E-state index contributed by atoms with van der Waals surface area (Å²) >= 11 is 0. The Hall–Kier alpha value is -0.330. The third-order valence-electron chi connectivity index (χ3n) is 4.71. The summed E-state index contributed by atoms with van der Waals surface area (Å²) in [6.45, 7) is 9.15. The lowest BCUT2D eigenvalue weighted by molar-refractivity contribution is -0.128. The minimum atomic E-state index is 0.369. The van der Waals surface area contributed by atoms with Gasteiger partial charge in [-0.25, -0.2) is 0 Å². The SMILES string of the molecule is CCCC(C)C1CCC(=O)C(C(C)CCC)C1. The molecule has 4 atom stereocenters. The maximum atomic E-state index is 12.0. The average molecular weight is 238 g/mol. The standard InChI is InChI=1S/C16H30O/c1-5-7-12(3)14-9-10-16(17)15(11-14)13(4)8-6-2/h12-15H,5-11H2,1-4H3. The summed E-state index contributed by atoms with van der Waals surface area (Å²) in [6, 6.07) is 0. The van der Waals surface area contributed by atoms with Gasteiger partial charge in [0.2, 0.25) is 0 Å². The van der Waals surface area contributed by atoms with Crippen molar-refractivity contribution in [3.8, 4) is 0 Å². The van der Waals surface area contributed by atoms with E-state index in [0.29, 0.717) is 17.6 Å². The fourth-order valence-electron chi connectivity index (χ4n) is 3.50. The fraction of sp³-hybridized carbons (Fsp3) is 0.938. The summed E-state index contributed by atoms with van der Waals surface area (Å²) in [7, 11) is 0. The lowest BCUT2D eigenvalue weighted by Crippen LogP contribution is -2.32. The predicted molar refractivity (Wildman–Crippen MR) is 74.0 cm³/mol. The summed E-state index contributed by atoms with van der Waals surface area (Å²) in [5, 5.41) is 0. The first-order valence-corrected chi connectivity index (χ1v) is 7.62. The quantitative estimate of drug-likeness (QED) is 0.647. The topological polar surface area (TPSA) is 17.1 Å². The molecule has 1 aliphatic rings. The number of carbonyl (C=O) groups is 1. The minimum absolute atomic E-state index is 0.369. The Morgan fingerprint density at radius 2 is 1.71 bits per heavy atom. The number of rotatable bonds is 6. The Kier molecular flexibility index (Phi) is 6.22. The molecule has 1 aliphatic carbocycles. The lowest BCUT2D eigenvalue weighted by Gasteiger charge is -2.35. The van der Waals surface area contributed by atoms with E-state index in [1.807, 2.05) is 0 Å². The summed E-state index contributed by atoms with van der Waals surface area (Å²) in [6.07, 6.45) is 8.19. The van der Waals surface area contributed by atoms with Gasteiger partial charge < -0.3 is 0 Å². The van der Waals surface area contributed by atoms with Crippen LogP contribution in [0.15, 0.2) is 0 Å². The van der Waals surface area contributed by atoms with Crippen molar-refractivity contribution in [2.24, 2.45) is 23.7 Å². The van der Waals surface area contributed by atoms with E-state index in [1.54, 1.807) is 0 Å². The molecule has 17 heavy (non-hydrogen) atoms. The summed E-state index contributed by atoms with van der Waals surface area (Å²) in [4.78, 5) is 12.0. The average Bonchev–Trinajstić information content (AvgIpc) is 2.30. The molecule has 1 rings (SSSR count). The number of hydrogen-bond donors (Lipinski definition) is 0. The van der Waals surface area contributed by atoms with Crippen molar-refractivity contribution >= 4 is 5.78 Å². The number of ketones is 1. The van der Waals surface area contributed by atoms with Crippen molar-refractivity contribution in [3.63, 3.8) is 0 Å². The van der Waals surface area contributed by atoms with E-state index in [2.05, 4.69) is 27.7 Å². The van der Waals surface area contributed by atoms with Crippen molar-refractivity contribution in [2.75, 3.05) is 0 Å². The van der Waals surface area contributed by atoms with Crippen LogP contribution in [0.3, 0.4) is 0 Å². The van der Waals surface area contributed by atoms with Crippen LogP contribution in [0, 0.1) is 23.7 Å². The molecule has 0 heterocycles. The van der Waals surface area contributed by atoms with E-state index in [9.17, 15) is 4.79 Å². The molecular weight excluding hydrogens is 208 g/mol. The van der Waals surface area contributed by atoms with Crippen LogP contribution < -0.4 is 0 Å². The van der Waals surface area contributed by atoms with E-state index in [0.717, 1.165) is 24.7 Å². The van der Waals surface area contributed by atoms with Gasteiger partial charge in [0.25, 0.3) is 0 Å². The first-order valence-electron chi connectivity index (χ1n) is 7.62. The van der Waals surface area contributed by atoms with Crippen LogP contribution in [0.1, 0.15) is 72.6 Å². The molecule has 1 fully saturated rings. The summed E-state index contributed by atoms with van der Waals surface area (Å²) < 4.78 is 0. The van der Waals surface area contributed by atoms with Crippen molar-refractivity contribution in [1.29, 1.82) is 0 Å².